The van der Waals surface area contributed by atoms with E-state index in [0.29, 0.717) is 19.3 Å². The van der Waals surface area contributed by atoms with Crippen LogP contribution in [0.4, 0.5) is 0 Å². The first-order valence-electron chi connectivity index (χ1n) is 37.5. The normalized spacial score (nSPS) is 12.2. The van der Waals surface area contributed by atoms with Crippen molar-refractivity contribution in [1.29, 1.82) is 0 Å². The first kappa shape index (κ1) is 80.6. The van der Waals surface area contributed by atoms with Crippen molar-refractivity contribution >= 4 is 17.9 Å². The third kappa shape index (κ3) is 70.3. The molecule has 0 saturated heterocycles. The lowest BCUT2D eigenvalue weighted by Gasteiger charge is -2.18. The van der Waals surface area contributed by atoms with E-state index in [1.54, 1.807) is 0 Å². The summed E-state index contributed by atoms with van der Waals surface area (Å²) in [4.78, 5) is 38.4. The fraction of sp³-hybridized carbons (Fsp3) is 0.883. The van der Waals surface area contributed by atoms with E-state index in [4.69, 9.17) is 14.2 Å². The predicted octanol–water partition coefficient (Wildman–Crippen LogP) is 25.9. The Kier molecular flexibility index (Phi) is 70.0. The van der Waals surface area contributed by atoms with E-state index >= 15 is 0 Å². The van der Waals surface area contributed by atoms with Gasteiger partial charge < -0.3 is 14.2 Å². The molecule has 0 aromatic carbocycles. The number of rotatable bonds is 70. The average molecular weight is 1170 g/mol. The fourth-order valence-corrected chi connectivity index (χ4v) is 11.6. The Balaban J connectivity index is 4.05. The van der Waals surface area contributed by atoms with Gasteiger partial charge in [0.2, 0.25) is 0 Å². The zero-order valence-corrected chi connectivity index (χ0v) is 56.2. The molecular formula is C77H144O6. The molecule has 0 rings (SSSR count). The van der Waals surface area contributed by atoms with E-state index in [9.17, 15) is 14.4 Å². The van der Waals surface area contributed by atoms with Crippen molar-refractivity contribution in [2.45, 2.75) is 425 Å². The van der Waals surface area contributed by atoms with Crippen LogP contribution in [0.5, 0.6) is 0 Å². The molecule has 0 radical (unpaired) electrons. The van der Waals surface area contributed by atoms with Crippen LogP contribution in [-0.2, 0) is 28.6 Å². The van der Waals surface area contributed by atoms with Gasteiger partial charge in [0.25, 0.3) is 0 Å². The smallest absolute Gasteiger partial charge is 0.306 e. The average Bonchev–Trinajstić information content (AvgIpc) is 3.49. The van der Waals surface area contributed by atoms with Gasteiger partial charge in [-0.05, 0) is 51.4 Å². The summed E-state index contributed by atoms with van der Waals surface area (Å²) < 4.78 is 17.0. The van der Waals surface area contributed by atoms with E-state index in [1.807, 2.05) is 0 Å². The van der Waals surface area contributed by atoms with E-state index in [0.717, 1.165) is 83.5 Å². The van der Waals surface area contributed by atoms with Gasteiger partial charge in [0.1, 0.15) is 13.2 Å². The number of hydrogen-bond donors (Lipinski definition) is 0. The van der Waals surface area contributed by atoms with Crippen LogP contribution in [0.25, 0.3) is 0 Å². The minimum absolute atomic E-state index is 0.0758. The van der Waals surface area contributed by atoms with Crippen molar-refractivity contribution < 1.29 is 28.6 Å². The molecule has 83 heavy (non-hydrogen) atoms. The van der Waals surface area contributed by atoms with Gasteiger partial charge >= 0.3 is 17.9 Å². The quantitative estimate of drug-likeness (QED) is 0.0261. The van der Waals surface area contributed by atoms with Crippen molar-refractivity contribution in [2.24, 2.45) is 0 Å². The fourth-order valence-electron chi connectivity index (χ4n) is 11.6. The summed E-state index contributed by atoms with van der Waals surface area (Å²) in [6.07, 6.45) is 90.8. The molecule has 0 saturated carbocycles. The lowest BCUT2D eigenvalue weighted by atomic mass is 10.0. The highest BCUT2D eigenvalue weighted by atomic mass is 16.6. The van der Waals surface area contributed by atoms with Crippen LogP contribution >= 0.6 is 0 Å². The molecule has 0 heterocycles. The summed E-state index contributed by atoms with van der Waals surface area (Å²) in [6.45, 7) is 6.58. The predicted molar refractivity (Wildman–Crippen MR) is 362 cm³/mol. The Bertz CT molecular complexity index is 1380. The largest absolute Gasteiger partial charge is 0.462 e. The van der Waals surface area contributed by atoms with Crippen LogP contribution in [0.3, 0.4) is 0 Å². The van der Waals surface area contributed by atoms with Gasteiger partial charge in [-0.2, -0.15) is 0 Å². The second kappa shape index (κ2) is 72.1. The molecule has 0 aliphatic heterocycles. The molecule has 0 bridgehead atoms. The summed E-state index contributed by atoms with van der Waals surface area (Å²) in [6, 6.07) is 0. The molecule has 0 aliphatic carbocycles. The molecule has 6 nitrogen and oxygen atoms in total. The maximum atomic E-state index is 12.9. The Morgan fingerprint density at radius 3 is 0.735 bits per heavy atom. The third-order valence-electron chi connectivity index (χ3n) is 17.2. The lowest BCUT2D eigenvalue weighted by molar-refractivity contribution is -0.167. The number of carbonyl (C=O) groups is 3. The molecule has 0 aliphatic rings. The highest BCUT2D eigenvalue weighted by molar-refractivity contribution is 5.71. The Morgan fingerprint density at radius 1 is 0.253 bits per heavy atom. The Morgan fingerprint density at radius 2 is 0.470 bits per heavy atom. The summed E-state index contributed by atoms with van der Waals surface area (Å²) >= 11 is 0. The molecule has 0 fully saturated rings. The van der Waals surface area contributed by atoms with E-state index in [-0.39, 0.29) is 31.1 Å². The maximum absolute atomic E-state index is 12.9. The van der Waals surface area contributed by atoms with Gasteiger partial charge in [0, 0.05) is 19.3 Å². The Hall–Kier alpha value is -2.37. The molecule has 6 heteroatoms. The van der Waals surface area contributed by atoms with Gasteiger partial charge in [-0.1, -0.05) is 385 Å². The van der Waals surface area contributed by atoms with Crippen LogP contribution in [0.1, 0.15) is 419 Å². The number of hydrogen-bond acceptors (Lipinski definition) is 6. The number of unbranched alkanes of at least 4 members (excludes halogenated alkanes) is 53. The van der Waals surface area contributed by atoms with Crippen molar-refractivity contribution in [2.75, 3.05) is 13.2 Å². The topological polar surface area (TPSA) is 78.9 Å². The first-order valence-corrected chi connectivity index (χ1v) is 37.5. The standard InChI is InChI=1S/C77H144O6/c1-4-7-10-13-16-19-22-25-27-29-30-31-32-33-34-35-36-37-38-39-40-41-42-43-44-45-46-48-49-52-55-58-61-64-67-70-76(79)82-73-74(72-81-75(78)69-66-63-60-57-54-51-24-21-18-15-12-9-6-3)83-77(80)71-68-65-62-59-56-53-50-47-28-26-23-20-17-14-11-8-5-2/h9,12,18,21,51,54,74H,4-8,10-11,13-17,19-20,22-50,52-53,55-73H2,1-3H3/b12-9-,21-18-,54-51-. The van der Waals surface area contributed by atoms with Crippen LogP contribution in [0.15, 0.2) is 36.5 Å². The second-order valence-corrected chi connectivity index (χ2v) is 25.5. The summed E-state index contributed by atoms with van der Waals surface area (Å²) in [5.41, 5.74) is 0. The highest BCUT2D eigenvalue weighted by Gasteiger charge is 2.20. The minimum Gasteiger partial charge on any atom is -0.462 e. The molecule has 488 valence electrons. The Labute approximate surface area is 518 Å². The van der Waals surface area contributed by atoms with Crippen LogP contribution in [-0.4, -0.2) is 37.2 Å². The van der Waals surface area contributed by atoms with E-state index in [1.165, 1.54) is 295 Å². The molecule has 1 unspecified atom stereocenters. The van der Waals surface area contributed by atoms with Crippen LogP contribution < -0.4 is 0 Å². The van der Waals surface area contributed by atoms with Crippen LogP contribution in [0, 0.1) is 0 Å². The van der Waals surface area contributed by atoms with Gasteiger partial charge in [0.15, 0.2) is 6.10 Å². The van der Waals surface area contributed by atoms with Gasteiger partial charge in [-0.3, -0.25) is 14.4 Å². The molecule has 1 atom stereocenters. The number of carbonyl (C=O) groups excluding carboxylic acids is 3. The molecule has 0 amide bonds. The van der Waals surface area contributed by atoms with Gasteiger partial charge in [-0.25, -0.2) is 0 Å². The van der Waals surface area contributed by atoms with Crippen molar-refractivity contribution in [3.8, 4) is 0 Å². The number of allylic oxidation sites excluding steroid dienone is 6. The molecule has 0 aromatic heterocycles. The van der Waals surface area contributed by atoms with E-state index < -0.39 is 6.10 Å². The third-order valence-corrected chi connectivity index (χ3v) is 17.2. The summed E-state index contributed by atoms with van der Waals surface area (Å²) in [5, 5.41) is 0. The second-order valence-electron chi connectivity index (χ2n) is 25.5. The molecule has 0 N–H and O–H groups in total. The van der Waals surface area contributed by atoms with Crippen molar-refractivity contribution in [3.63, 3.8) is 0 Å². The maximum Gasteiger partial charge on any atom is 0.306 e. The van der Waals surface area contributed by atoms with Gasteiger partial charge in [0.05, 0.1) is 0 Å². The SMILES string of the molecule is CC/C=C\C/C=C\C/C=C\CCCCCC(=O)OCC(COC(=O)CCCCCCCCCCCCCCCCCCCCCCCCCCCCCCCCCCCCC)OC(=O)CCCCCCCCCCCCCCCCCCC. The van der Waals surface area contributed by atoms with Gasteiger partial charge in [-0.15, -0.1) is 0 Å². The van der Waals surface area contributed by atoms with E-state index in [2.05, 4.69) is 57.2 Å². The van der Waals surface area contributed by atoms with Crippen molar-refractivity contribution in [1.82, 2.24) is 0 Å². The highest BCUT2D eigenvalue weighted by Crippen LogP contribution is 2.20. The molecule has 0 spiro atoms. The monoisotopic (exact) mass is 1170 g/mol. The first-order chi connectivity index (χ1) is 41.0. The summed E-state index contributed by atoms with van der Waals surface area (Å²) in [7, 11) is 0. The zero-order valence-electron chi connectivity index (χ0n) is 56.2. The molecule has 0 aromatic rings. The minimum atomic E-state index is -0.782. The lowest BCUT2D eigenvalue weighted by Crippen LogP contribution is -2.30. The number of ether oxygens (including phenoxy) is 3. The van der Waals surface area contributed by atoms with Crippen LogP contribution in [0.2, 0.25) is 0 Å². The number of esters is 3. The summed E-state index contributed by atoms with van der Waals surface area (Å²) in [5.74, 6) is -0.877. The zero-order chi connectivity index (χ0) is 59.9. The van der Waals surface area contributed by atoms with Crippen molar-refractivity contribution in [3.05, 3.63) is 36.5 Å². The molecular weight excluding hydrogens is 1020 g/mol.